The quantitative estimate of drug-likeness (QED) is 0.380. The van der Waals surface area contributed by atoms with Crippen LogP contribution in [0.2, 0.25) is 0 Å². The van der Waals surface area contributed by atoms with Gasteiger partial charge < -0.3 is 19.7 Å². The van der Waals surface area contributed by atoms with Gasteiger partial charge >= 0.3 is 5.97 Å². The first-order valence-corrected chi connectivity index (χ1v) is 12.9. The minimum absolute atomic E-state index is 0.0390. The summed E-state index contributed by atoms with van der Waals surface area (Å²) in [4.78, 5) is 38.9. The Hall–Kier alpha value is -4.13. The van der Waals surface area contributed by atoms with Gasteiger partial charge in [-0.05, 0) is 71.5 Å². The van der Waals surface area contributed by atoms with E-state index >= 15 is 0 Å². The van der Waals surface area contributed by atoms with Crippen LogP contribution in [0.1, 0.15) is 45.2 Å². The van der Waals surface area contributed by atoms with Crippen LogP contribution in [0.4, 0.5) is 11.4 Å². The number of carbonyl (C=O) groups excluding carboxylic acids is 3. The van der Waals surface area contributed by atoms with E-state index in [1.165, 1.54) is 5.56 Å². The lowest BCUT2D eigenvalue weighted by Crippen LogP contribution is -2.28. The highest BCUT2D eigenvalue weighted by Gasteiger charge is 2.36. The summed E-state index contributed by atoms with van der Waals surface area (Å²) in [7, 11) is 0. The molecule has 2 amide bonds. The van der Waals surface area contributed by atoms with Gasteiger partial charge in [0.15, 0.2) is 6.61 Å². The third-order valence-corrected chi connectivity index (χ3v) is 6.55. The maximum absolute atomic E-state index is 12.6. The lowest BCUT2D eigenvalue weighted by Gasteiger charge is -2.19. The van der Waals surface area contributed by atoms with Crippen molar-refractivity contribution in [3.05, 3.63) is 83.9 Å². The van der Waals surface area contributed by atoms with Gasteiger partial charge in [-0.15, -0.1) is 0 Å². The number of benzene rings is 3. The molecule has 1 heterocycles. The summed E-state index contributed by atoms with van der Waals surface area (Å²) in [6.45, 7) is 8.34. The molecule has 3 aromatic carbocycles. The molecule has 1 saturated heterocycles. The molecule has 0 radical (unpaired) electrons. The first-order valence-electron chi connectivity index (χ1n) is 12.9. The molecule has 4 rings (SSSR count). The molecule has 3 aromatic rings. The number of carbonyl (C=O) groups is 3. The Labute approximate surface area is 223 Å². The maximum atomic E-state index is 12.6. The van der Waals surface area contributed by atoms with Crippen LogP contribution in [0.3, 0.4) is 0 Å². The second-order valence-electron chi connectivity index (χ2n) is 10.5. The Bertz CT molecular complexity index is 1280. The van der Waals surface area contributed by atoms with Gasteiger partial charge in [-0.25, -0.2) is 0 Å². The number of esters is 1. The van der Waals surface area contributed by atoms with Gasteiger partial charge in [0.2, 0.25) is 5.91 Å². The van der Waals surface area contributed by atoms with E-state index in [2.05, 4.69) is 45.1 Å². The highest BCUT2D eigenvalue weighted by atomic mass is 16.5. The van der Waals surface area contributed by atoms with Crippen LogP contribution >= 0.6 is 0 Å². The number of anilines is 2. The molecule has 198 valence electrons. The molecule has 7 nitrogen and oxygen atoms in total. The number of ether oxygens (including phenoxy) is 2. The average Bonchev–Trinajstić information content (AvgIpc) is 3.29. The zero-order valence-corrected chi connectivity index (χ0v) is 22.3. The van der Waals surface area contributed by atoms with Crippen LogP contribution in [0.5, 0.6) is 11.5 Å². The molecule has 0 unspecified atom stereocenters. The van der Waals surface area contributed by atoms with Crippen molar-refractivity contribution in [3.63, 3.8) is 0 Å². The van der Waals surface area contributed by atoms with Crippen LogP contribution in [0.25, 0.3) is 0 Å². The predicted molar refractivity (Wildman–Crippen MR) is 148 cm³/mol. The van der Waals surface area contributed by atoms with Crippen molar-refractivity contribution >= 4 is 29.2 Å². The molecule has 1 N–H and O–H groups in total. The number of rotatable bonds is 8. The van der Waals surface area contributed by atoms with Crippen molar-refractivity contribution in [1.82, 2.24) is 0 Å². The molecular formula is C31H34N2O5. The summed E-state index contributed by atoms with van der Waals surface area (Å²) in [5.41, 5.74) is 3.77. The SMILES string of the molecule is CCc1ccc(NC(=O)COC(=O)[C@H]2CC(=O)N(c3ccc(Oc4ccc(C(C)(C)C)cc4)cc3)C2)cc1. The summed E-state index contributed by atoms with van der Waals surface area (Å²) in [6.07, 6.45) is 0.949. The summed E-state index contributed by atoms with van der Waals surface area (Å²) in [5, 5.41) is 2.71. The van der Waals surface area contributed by atoms with Crippen molar-refractivity contribution in [3.8, 4) is 11.5 Å². The average molecular weight is 515 g/mol. The minimum Gasteiger partial charge on any atom is -0.457 e. The van der Waals surface area contributed by atoms with E-state index in [0.717, 1.165) is 17.7 Å². The zero-order chi connectivity index (χ0) is 27.3. The highest BCUT2D eigenvalue weighted by molar-refractivity contribution is 6.00. The molecule has 0 aliphatic carbocycles. The van der Waals surface area contributed by atoms with Crippen LogP contribution in [0, 0.1) is 5.92 Å². The Morgan fingerprint density at radius 2 is 1.53 bits per heavy atom. The monoisotopic (exact) mass is 514 g/mol. The number of nitrogens with one attached hydrogen (secondary N) is 1. The summed E-state index contributed by atoms with van der Waals surface area (Å²) < 4.78 is 11.1. The minimum atomic E-state index is -0.628. The largest absolute Gasteiger partial charge is 0.457 e. The van der Waals surface area contributed by atoms with E-state index in [9.17, 15) is 14.4 Å². The van der Waals surface area contributed by atoms with Gasteiger partial charge in [-0.3, -0.25) is 14.4 Å². The fourth-order valence-electron chi connectivity index (χ4n) is 4.24. The maximum Gasteiger partial charge on any atom is 0.311 e. The third kappa shape index (κ3) is 6.79. The Balaban J connectivity index is 1.28. The molecule has 0 spiro atoms. The van der Waals surface area contributed by atoms with Gasteiger partial charge in [-0.2, -0.15) is 0 Å². The molecule has 1 aliphatic rings. The fraction of sp³-hybridized carbons (Fsp3) is 0.323. The standard InChI is InChI=1S/C31H34N2O5/c1-5-21-6-10-24(11-7-21)32-28(34)20-37-30(36)22-18-29(35)33(19-22)25-12-16-27(17-13-25)38-26-14-8-23(9-15-26)31(2,3)4/h6-17,22H,5,18-20H2,1-4H3,(H,32,34)/t22-/m0/s1. The molecule has 38 heavy (non-hydrogen) atoms. The third-order valence-electron chi connectivity index (χ3n) is 6.55. The lowest BCUT2D eigenvalue weighted by molar-refractivity contribution is -0.151. The molecule has 1 aliphatic heterocycles. The number of hydrogen-bond acceptors (Lipinski definition) is 5. The summed E-state index contributed by atoms with van der Waals surface area (Å²) in [5.74, 6) is -0.401. The van der Waals surface area contributed by atoms with Crippen molar-refractivity contribution in [2.24, 2.45) is 5.92 Å². The summed E-state index contributed by atoms with van der Waals surface area (Å²) in [6, 6.07) is 22.7. The Kier molecular flexibility index (Phi) is 8.15. The number of hydrogen-bond donors (Lipinski definition) is 1. The Morgan fingerprint density at radius 1 is 0.921 bits per heavy atom. The van der Waals surface area contributed by atoms with E-state index in [-0.39, 0.29) is 24.3 Å². The molecular weight excluding hydrogens is 480 g/mol. The molecule has 1 fully saturated rings. The van der Waals surface area contributed by atoms with E-state index in [4.69, 9.17) is 9.47 Å². The van der Waals surface area contributed by atoms with E-state index in [1.807, 2.05) is 36.4 Å². The number of aryl methyl sites for hydroxylation is 1. The van der Waals surface area contributed by atoms with Crippen molar-refractivity contribution in [2.45, 2.75) is 46.0 Å². The smallest absolute Gasteiger partial charge is 0.311 e. The fourth-order valence-corrected chi connectivity index (χ4v) is 4.24. The van der Waals surface area contributed by atoms with Gasteiger partial charge in [0, 0.05) is 24.3 Å². The highest BCUT2D eigenvalue weighted by Crippen LogP contribution is 2.30. The van der Waals surface area contributed by atoms with Gasteiger partial charge in [0.25, 0.3) is 5.91 Å². The van der Waals surface area contributed by atoms with E-state index in [1.54, 1.807) is 29.2 Å². The van der Waals surface area contributed by atoms with E-state index in [0.29, 0.717) is 17.1 Å². The first kappa shape index (κ1) is 26.9. The van der Waals surface area contributed by atoms with Crippen molar-refractivity contribution in [2.75, 3.05) is 23.4 Å². The predicted octanol–water partition coefficient (Wildman–Crippen LogP) is 5.87. The summed E-state index contributed by atoms with van der Waals surface area (Å²) >= 11 is 0. The molecule has 0 aromatic heterocycles. The van der Waals surface area contributed by atoms with Crippen LogP contribution in [-0.2, 0) is 31.0 Å². The van der Waals surface area contributed by atoms with Crippen LogP contribution < -0.4 is 15.0 Å². The van der Waals surface area contributed by atoms with Crippen molar-refractivity contribution < 1.29 is 23.9 Å². The van der Waals surface area contributed by atoms with Crippen LogP contribution in [-0.4, -0.2) is 30.9 Å². The second-order valence-corrected chi connectivity index (χ2v) is 10.5. The number of nitrogens with zero attached hydrogens (tertiary/aromatic N) is 1. The van der Waals surface area contributed by atoms with Gasteiger partial charge in [0.05, 0.1) is 5.92 Å². The van der Waals surface area contributed by atoms with Gasteiger partial charge in [0.1, 0.15) is 11.5 Å². The zero-order valence-electron chi connectivity index (χ0n) is 22.3. The Morgan fingerprint density at radius 3 is 2.11 bits per heavy atom. The van der Waals surface area contributed by atoms with E-state index < -0.39 is 24.4 Å². The molecule has 0 bridgehead atoms. The molecule has 1 atom stereocenters. The molecule has 7 heteroatoms. The number of amides is 2. The second kappa shape index (κ2) is 11.5. The first-order chi connectivity index (χ1) is 18.1. The van der Waals surface area contributed by atoms with Crippen molar-refractivity contribution in [1.29, 1.82) is 0 Å². The topological polar surface area (TPSA) is 84.9 Å². The lowest BCUT2D eigenvalue weighted by atomic mass is 9.87. The van der Waals surface area contributed by atoms with Gasteiger partial charge in [-0.1, -0.05) is 52.0 Å². The van der Waals surface area contributed by atoms with Crippen LogP contribution in [0.15, 0.2) is 72.8 Å². The normalized spacial score (nSPS) is 15.3. The molecule has 0 saturated carbocycles.